The smallest absolute Gasteiger partial charge is 0.251 e. The van der Waals surface area contributed by atoms with E-state index in [2.05, 4.69) is 44.1 Å². The van der Waals surface area contributed by atoms with E-state index in [1.54, 1.807) is 19.1 Å². The zero-order chi connectivity index (χ0) is 20.7. The van der Waals surface area contributed by atoms with E-state index in [0.717, 1.165) is 32.7 Å². The summed E-state index contributed by atoms with van der Waals surface area (Å²) in [6, 6.07) is 16.5. The third-order valence-corrected chi connectivity index (χ3v) is 6.49. The lowest BCUT2D eigenvalue weighted by atomic mass is 10.2. The van der Waals surface area contributed by atoms with Gasteiger partial charge in [0.25, 0.3) is 5.91 Å². The lowest BCUT2D eigenvalue weighted by Crippen LogP contribution is -2.48. The number of piperazine rings is 1. The van der Waals surface area contributed by atoms with Gasteiger partial charge in [-0.1, -0.05) is 31.2 Å². The number of nitrogens with one attached hydrogen (secondary N) is 2. The minimum Gasteiger partial charge on any atom is -0.369 e. The Bertz CT molecular complexity index is 911. The van der Waals surface area contributed by atoms with Crippen LogP contribution in [0.1, 0.15) is 17.3 Å². The number of carbonyl (C=O) groups excluding carboxylic acids is 1. The summed E-state index contributed by atoms with van der Waals surface area (Å²) in [5, 5.41) is 2.89. The molecule has 0 atom stereocenters. The molecule has 0 aromatic heterocycles. The van der Waals surface area contributed by atoms with E-state index in [9.17, 15) is 13.2 Å². The zero-order valence-corrected chi connectivity index (χ0v) is 17.5. The monoisotopic (exact) mass is 416 g/mol. The molecule has 2 N–H and O–H groups in total. The van der Waals surface area contributed by atoms with Crippen molar-refractivity contribution in [2.45, 2.75) is 11.8 Å². The highest BCUT2D eigenvalue weighted by molar-refractivity contribution is 7.89. The van der Waals surface area contributed by atoms with Gasteiger partial charge in [0, 0.05) is 57.1 Å². The van der Waals surface area contributed by atoms with Crippen molar-refractivity contribution in [2.75, 3.05) is 50.7 Å². The minimum atomic E-state index is -3.58. The lowest BCUT2D eigenvalue weighted by Gasteiger charge is -2.36. The van der Waals surface area contributed by atoms with Crippen LogP contribution in [0.15, 0.2) is 59.5 Å². The summed E-state index contributed by atoms with van der Waals surface area (Å²) in [6.45, 7) is 7.12. The Morgan fingerprint density at radius 3 is 2.41 bits per heavy atom. The van der Waals surface area contributed by atoms with Gasteiger partial charge in [-0.15, -0.1) is 0 Å². The fourth-order valence-electron chi connectivity index (χ4n) is 3.38. The van der Waals surface area contributed by atoms with Gasteiger partial charge in [-0.05, 0) is 30.3 Å². The third kappa shape index (κ3) is 5.79. The fourth-order valence-corrected chi connectivity index (χ4v) is 4.46. The number of sulfonamides is 1. The van der Waals surface area contributed by atoms with Crippen molar-refractivity contribution in [1.29, 1.82) is 0 Å². The molecule has 0 unspecified atom stereocenters. The zero-order valence-electron chi connectivity index (χ0n) is 16.7. The van der Waals surface area contributed by atoms with Gasteiger partial charge in [-0.25, -0.2) is 13.1 Å². The van der Waals surface area contributed by atoms with Gasteiger partial charge in [0.05, 0.1) is 4.90 Å². The normalized spacial score (nSPS) is 15.3. The van der Waals surface area contributed by atoms with Crippen molar-refractivity contribution in [3.63, 3.8) is 0 Å². The van der Waals surface area contributed by atoms with Crippen LogP contribution in [0.25, 0.3) is 0 Å². The molecule has 29 heavy (non-hydrogen) atoms. The third-order valence-electron chi connectivity index (χ3n) is 4.95. The molecule has 7 nitrogen and oxygen atoms in total. The van der Waals surface area contributed by atoms with Crippen molar-refractivity contribution >= 4 is 21.6 Å². The number of nitrogens with zero attached hydrogens (tertiary/aromatic N) is 2. The van der Waals surface area contributed by atoms with Gasteiger partial charge in [0.15, 0.2) is 0 Å². The summed E-state index contributed by atoms with van der Waals surface area (Å²) in [5.74, 6) is -0.263. The number of hydrogen-bond acceptors (Lipinski definition) is 5. The highest BCUT2D eigenvalue weighted by atomic mass is 32.2. The van der Waals surface area contributed by atoms with E-state index in [1.807, 2.05) is 6.07 Å². The highest BCUT2D eigenvalue weighted by Gasteiger charge is 2.18. The van der Waals surface area contributed by atoms with Crippen molar-refractivity contribution in [2.24, 2.45) is 0 Å². The van der Waals surface area contributed by atoms with Gasteiger partial charge in [0.1, 0.15) is 0 Å². The molecule has 2 aromatic rings. The molecular formula is C21H28N4O3S. The van der Waals surface area contributed by atoms with Gasteiger partial charge in [-0.3, -0.25) is 9.69 Å². The second kappa shape index (κ2) is 9.87. The van der Waals surface area contributed by atoms with Crippen molar-refractivity contribution in [3.8, 4) is 0 Å². The maximum absolute atomic E-state index is 12.4. The molecule has 0 bridgehead atoms. The second-order valence-corrected chi connectivity index (χ2v) is 8.72. The molecule has 0 saturated carbocycles. The number of carbonyl (C=O) groups is 1. The number of amides is 1. The van der Waals surface area contributed by atoms with Crippen LogP contribution in [-0.4, -0.2) is 65.0 Å². The van der Waals surface area contributed by atoms with Crippen LogP contribution in [0.4, 0.5) is 5.69 Å². The molecule has 0 radical (unpaired) electrons. The van der Waals surface area contributed by atoms with E-state index >= 15 is 0 Å². The quantitative estimate of drug-likeness (QED) is 0.682. The van der Waals surface area contributed by atoms with E-state index < -0.39 is 10.0 Å². The molecule has 2 aromatic carbocycles. The first kappa shape index (κ1) is 21.3. The summed E-state index contributed by atoms with van der Waals surface area (Å²) in [6.07, 6.45) is 0. The van der Waals surface area contributed by atoms with Crippen LogP contribution in [0.3, 0.4) is 0 Å². The number of para-hydroxylation sites is 1. The average molecular weight is 417 g/mol. The topological polar surface area (TPSA) is 81.7 Å². The number of hydrogen-bond donors (Lipinski definition) is 2. The molecule has 1 saturated heterocycles. The lowest BCUT2D eigenvalue weighted by molar-refractivity contribution is 0.0947. The Morgan fingerprint density at radius 1 is 1.00 bits per heavy atom. The highest BCUT2D eigenvalue weighted by Crippen LogP contribution is 2.15. The van der Waals surface area contributed by atoms with Crippen LogP contribution in [0.5, 0.6) is 0 Å². The van der Waals surface area contributed by atoms with Gasteiger partial charge in [0.2, 0.25) is 10.0 Å². The number of rotatable bonds is 8. The molecule has 1 amide bonds. The SMILES string of the molecule is CCNS(=O)(=O)c1cccc(C(=O)NCCN2CCN(c3ccccc3)CC2)c1. The van der Waals surface area contributed by atoms with E-state index in [4.69, 9.17) is 0 Å². The van der Waals surface area contributed by atoms with Crippen molar-refractivity contribution in [1.82, 2.24) is 14.9 Å². The van der Waals surface area contributed by atoms with Crippen molar-refractivity contribution < 1.29 is 13.2 Å². The van der Waals surface area contributed by atoms with Gasteiger partial charge in [-0.2, -0.15) is 0 Å². The minimum absolute atomic E-state index is 0.101. The molecule has 3 rings (SSSR count). The first-order valence-corrected chi connectivity index (χ1v) is 11.4. The molecule has 1 heterocycles. The molecule has 0 spiro atoms. The Kier molecular flexibility index (Phi) is 7.24. The van der Waals surface area contributed by atoms with Crippen molar-refractivity contribution in [3.05, 3.63) is 60.2 Å². The maximum Gasteiger partial charge on any atom is 0.251 e. The molecule has 1 fully saturated rings. The van der Waals surface area contributed by atoms with Crippen LogP contribution in [0, 0.1) is 0 Å². The maximum atomic E-state index is 12.4. The Morgan fingerprint density at radius 2 is 1.72 bits per heavy atom. The first-order chi connectivity index (χ1) is 14.0. The first-order valence-electron chi connectivity index (χ1n) is 9.90. The molecule has 156 valence electrons. The summed E-state index contributed by atoms with van der Waals surface area (Å²) in [7, 11) is -3.58. The average Bonchev–Trinajstić information content (AvgIpc) is 2.75. The molecule has 8 heteroatoms. The summed E-state index contributed by atoms with van der Waals surface area (Å²) >= 11 is 0. The van der Waals surface area contributed by atoms with Crippen LogP contribution in [-0.2, 0) is 10.0 Å². The van der Waals surface area contributed by atoms with Gasteiger partial charge >= 0.3 is 0 Å². The fraction of sp³-hybridized carbons (Fsp3) is 0.381. The van der Waals surface area contributed by atoms with E-state index in [-0.39, 0.29) is 10.8 Å². The largest absolute Gasteiger partial charge is 0.369 e. The molecule has 1 aliphatic heterocycles. The van der Waals surface area contributed by atoms with Crippen LogP contribution < -0.4 is 14.9 Å². The molecule has 1 aliphatic rings. The molecular weight excluding hydrogens is 388 g/mol. The molecule has 0 aliphatic carbocycles. The Balaban J connectivity index is 1.46. The summed E-state index contributed by atoms with van der Waals surface area (Å²) < 4.78 is 26.6. The standard InChI is InChI=1S/C21H28N4O3S/c1-2-23-29(27,28)20-10-6-7-18(17-20)21(26)22-11-12-24-13-15-25(16-14-24)19-8-4-3-5-9-19/h3-10,17,23H,2,11-16H2,1H3,(H,22,26). The Hall–Kier alpha value is -2.42. The van der Waals surface area contributed by atoms with E-state index in [1.165, 1.54) is 17.8 Å². The predicted molar refractivity (Wildman–Crippen MR) is 115 cm³/mol. The summed E-state index contributed by atoms with van der Waals surface area (Å²) in [4.78, 5) is 17.2. The predicted octanol–water partition coefficient (Wildman–Crippen LogP) is 1.54. The number of benzene rings is 2. The number of anilines is 1. The van der Waals surface area contributed by atoms with Crippen LogP contribution in [0.2, 0.25) is 0 Å². The summed E-state index contributed by atoms with van der Waals surface area (Å²) in [5.41, 5.74) is 1.59. The van der Waals surface area contributed by atoms with Gasteiger partial charge < -0.3 is 10.2 Å². The Labute approximate surface area is 172 Å². The van der Waals surface area contributed by atoms with Crippen LogP contribution >= 0.6 is 0 Å². The second-order valence-electron chi connectivity index (χ2n) is 6.95. The van der Waals surface area contributed by atoms with E-state index in [0.29, 0.717) is 18.7 Å².